The molecule has 47 heavy (non-hydrogen) atoms. The summed E-state index contributed by atoms with van der Waals surface area (Å²) in [6.45, 7) is 5.37. The van der Waals surface area contributed by atoms with Crippen LogP contribution < -0.4 is 10.6 Å². The number of carbonyl (C=O) groups excluding carboxylic acids is 1. The Labute approximate surface area is 277 Å². The highest BCUT2D eigenvalue weighted by Gasteiger charge is 2.32. The average Bonchev–Trinajstić information content (AvgIpc) is 3.36. The molecule has 3 N–H and O–H groups in total. The first kappa shape index (κ1) is 30.8. The summed E-state index contributed by atoms with van der Waals surface area (Å²) in [7, 11) is 3.96. The van der Waals surface area contributed by atoms with E-state index in [-0.39, 0.29) is 11.8 Å². The number of benzene rings is 2. The zero-order valence-electron chi connectivity index (χ0n) is 26.4. The van der Waals surface area contributed by atoms with Crippen molar-refractivity contribution in [2.45, 2.75) is 26.4 Å². The molecule has 1 saturated heterocycles. The number of hydrogen-bond donors (Lipinski definition) is 3. The number of amides is 1. The Morgan fingerprint density at radius 1 is 1.04 bits per heavy atom. The smallest absolute Gasteiger partial charge is 0.309 e. The number of hydrogen-bond acceptors (Lipinski definition) is 8. The number of carboxylic acids is 1. The minimum absolute atomic E-state index is 0.252. The molecule has 2 aliphatic heterocycles. The third-order valence-electron chi connectivity index (χ3n) is 9.14. The second-order valence-electron chi connectivity index (χ2n) is 12.4. The second-order valence-corrected chi connectivity index (χ2v) is 12.8. The number of likely N-dealkylation sites (N-methyl/N-ethyl adjacent to an activating group) is 1. The van der Waals surface area contributed by atoms with Gasteiger partial charge in [-0.15, -0.1) is 0 Å². The van der Waals surface area contributed by atoms with Crippen molar-refractivity contribution in [1.82, 2.24) is 29.3 Å². The molecule has 2 aliphatic rings. The van der Waals surface area contributed by atoms with E-state index >= 15 is 0 Å². The molecule has 5 aromatic rings. The van der Waals surface area contributed by atoms with Crippen LogP contribution in [-0.2, 0) is 31.4 Å². The maximum absolute atomic E-state index is 13.4. The lowest BCUT2D eigenvalue weighted by Crippen LogP contribution is -2.49. The number of aliphatic carboxylic acids is 1. The van der Waals surface area contributed by atoms with Gasteiger partial charge in [-0.3, -0.25) is 19.5 Å². The largest absolute Gasteiger partial charge is 0.481 e. The Balaban J connectivity index is 1.11. The average molecular weight is 651 g/mol. The number of aromatic nitrogens is 4. The van der Waals surface area contributed by atoms with Crippen LogP contribution in [0.2, 0.25) is 5.02 Å². The molecule has 1 amide bonds. The highest BCUT2D eigenvalue weighted by molar-refractivity contribution is 6.36. The molecule has 7 rings (SSSR count). The number of imidazole rings is 1. The number of halogens is 1. The Kier molecular flexibility index (Phi) is 8.13. The molecule has 1 fully saturated rings. The minimum atomic E-state index is -0.746. The van der Waals surface area contributed by atoms with Gasteiger partial charge >= 0.3 is 5.97 Å². The van der Waals surface area contributed by atoms with E-state index in [2.05, 4.69) is 43.5 Å². The first-order valence-corrected chi connectivity index (χ1v) is 15.9. The number of carbonyl (C=O) groups is 2. The predicted molar refractivity (Wildman–Crippen MR) is 182 cm³/mol. The van der Waals surface area contributed by atoms with Crippen molar-refractivity contribution >= 4 is 51.6 Å². The van der Waals surface area contributed by atoms with Gasteiger partial charge in [0, 0.05) is 80.9 Å². The van der Waals surface area contributed by atoms with Crippen molar-refractivity contribution in [3.05, 3.63) is 94.3 Å². The zero-order chi connectivity index (χ0) is 32.8. The quantitative estimate of drug-likeness (QED) is 0.200. The van der Waals surface area contributed by atoms with Crippen molar-refractivity contribution in [3.63, 3.8) is 0 Å². The molecule has 0 atom stereocenters. The highest BCUT2D eigenvalue weighted by Crippen LogP contribution is 2.39. The molecule has 12 heteroatoms. The summed E-state index contributed by atoms with van der Waals surface area (Å²) in [5.74, 6) is -0.324. The summed E-state index contributed by atoms with van der Waals surface area (Å²) in [5, 5.41) is 17.1. The number of pyridine rings is 2. The molecule has 0 spiro atoms. The Bertz CT molecular complexity index is 2040. The Morgan fingerprint density at radius 3 is 2.60 bits per heavy atom. The molecule has 0 radical (unpaired) electrons. The van der Waals surface area contributed by atoms with Crippen LogP contribution in [0.4, 0.5) is 17.2 Å². The van der Waals surface area contributed by atoms with E-state index in [1.807, 2.05) is 67.2 Å². The number of nitrogens with zero attached hydrogens (tertiary/aromatic N) is 6. The molecular weight excluding hydrogens is 616 g/mol. The number of carboxylic acid groups (broad SMARTS) is 1. The van der Waals surface area contributed by atoms with Gasteiger partial charge in [0.2, 0.25) is 0 Å². The fourth-order valence-corrected chi connectivity index (χ4v) is 6.74. The fraction of sp³-hybridized carbons (Fsp3) is 0.286. The van der Waals surface area contributed by atoms with Gasteiger partial charge in [0.05, 0.1) is 22.3 Å². The molecule has 0 unspecified atom stereocenters. The van der Waals surface area contributed by atoms with Crippen LogP contribution in [0.3, 0.4) is 0 Å². The molecule has 240 valence electrons. The maximum atomic E-state index is 13.4. The molecular formula is C35H35ClN8O3. The third-order valence-corrected chi connectivity index (χ3v) is 9.55. The van der Waals surface area contributed by atoms with Crippen molar-refractivity contribution in [3.8, 4) is 11.1 Å². The summed E-state index contributed by atoms with van der Waals surface area (Å²) >= 11 is 7.04. The minimum Gasteiger partial charge on any atom is -0.481 e. The monoisotopic (exact) mass is 650 g/mol. The van der Waals surface area contributed by atoms with Crippen LogP contribution in [-0.4, -0.2) is 73.0 Å². The summed E-state index contributed by atoms with van der Waals surface area (Å²) in [4.78, 5) is 42.8. The standard InChI is InChI=1S/C35H35ClN8O3/c1-20-24(6-4-8-26(20)41-34(45)33-40-28-19-42(2)13-11-29(28)43(33)3)25-7-5-9-27(30(25)36)39-32-31-22(10-12-37-32)14-21(15-38-31)16-44-17-23(18-44)35(46)47/h4-10,12,14-15,23H,11,13,16-19H2,1-3H3,(H,37,39)(H,41,45)(H,46,47). The van der Waals surface area contributed by atoms with E-state index in [1.54, 1.807) is 6.20 Å². The molecule has 0 saturated carbocycles. The van der Waals surface area contributed by atoms with Gasteiger partial charge < -0.3 is 25.2 Å². The molecule has 0 aliphatic carbocycles. The van der Waals surface area contributed by atoms with E-state index < -0.39 is 5.97 Å². The number of likely N-dealkylation sites (tertiary alicyclic amines) is 1. The maximum Gasteiger partial charge on any atom is 0.309 e. The second kappa shape index (κ2) is 12.4. The number of nitrogens with one attached hydrogen (secondary N) is 2. The Morgan fingerprint density at radius 2 is 1.81 bits per heavy atom. The van der Waals surface area contributed by atoms with Crippen molar-refractivity contribution < 1.29 is 14.7 Å². The van der Waals surface area contributed by atoms with Gasteiger partial charge in [0.1, 0.15) is 5.52 Å². The number of fused-ring (bicyclic) bond motifs is 2. The fourth-order valence-electron chi connectivity index (χ4n) is 6.46. The summed E-state index contributed by atoms with van der Waals surface area (Å²) in [5.41, 5.74) is 7.71. The summed E-state index contributed by atoms with van der Waals surface area (Å²) < 4.78 is 1.91. The lowest BCUT2D eigenvalue weighted by atomic mass is 9.98. The molecule has 2 aromatic carbocycles. The van der Waals surface area contributed by atoms with E-state index in [4.69, 9.17) is 21.7 Å². The van der Waals surface area contributed by atoms with Crippen LogP contribution in [0.5, 0.6) is 0 Å². The lowest BCUT2D eigenvalue weighted by Gasteiger charge is -2.36. The van der Waals surface area contributed by atoms with E-state index in [1.165, 1.54) is 0 Å². The van der Waals surface area contributed by atoms with Crippen molar-refractivity contribution in [2.24, 2.45) is 13.0 Å². The molecule has 0 bridgehead atoms. The zero-order valence-corrected chi connectivity index (χ0v) is 27.2. The topological polar surface area (TPSA) is 129 Å². The highest BCUT2D eigenvalue weighted by atomic mass is 35.5. The van der Waals surface area contributed by atoms with Crippen molar-refractivity contribution in [2.75, 3.05) is 37.3 Å². The van der Waals surface area contributed by atoms with Crippen LogP contribution in [0, 0.1) is 12.8 Å². The molecule has 11 nitrogen and oxygen atoms in total. The van der Waals surface area contributed by atoms with Crippen LogP contribution >= 0.6 is 11.6 Å². The van der Waals surface area contributed by atoms with Gasteiger partial charge in [-0.05, 0) is 54.9 Å². The van der Waals surface area contributed by atoms with Gasteiger partial charge in [-0.1, -0.05) is 35.9 Å². The number of rotatable bonds is 8. The van der Waals surface area contributed by atoms with Gasteiger partial charge in [-0.25, -0.2) is 9.97 Å². The first-order chi connectivity index (χ1) is 22.7. The van der Waals surface area contributed by atoms with E-state index in [9.17, 15) is 9.59 Å². The summed E-state index contributed by atoms with van der Waals surface area (Å²) in [6.07, 6.45) is 4.40. The van der Waals surface area contributed by atoms with Gasteiger partial charge in [0.15, 0.2) is 11.6 Å². The normalized spacial score (nSPS) is 15.3. The van der Waals surface area contributed by atoms with Crippen LogP contribution in [0.1, 0.15) is 33.1 Å². The van der Waals surface area contributed by atoms with Gasteiger partial charge in [-0.2, -0.15) is 0 Å². The molecule has 3 aromatic heterocycles. The van der Waals surface area contributed by atoms with Crippen molar-refractivity contribution in [1.29, 1.82) is 0 Å². The number of anilines is 3. The first-order valence-electron chi connectivity index (χ1n) is 15.5. The van der Waals surface area contributed by atoms with E-state index in [0.717, 1.165) is 58.5 Å². The lowest BCUT2D eigenvalue weighted by molar-refractivity contribution is -0.147. The van der Waals surface area contributed by atoms with Crippen LogP contribution in [0.15, 0.2) is 60.9 Å². The molecule has 5 heterocycles. The Hall–Kier alpha value is -4.84. The van der Waals surface area contributed by atoms with Crippen LogP contribution in [0.25, 0.3) is 22.0 Å². The van der Waals surface area contributed by atoms with E-state index in [0.29, 0.717) is 53.2 Å². The predicted octanol–water partition coefficient (Wildman–Crippen LogP) is 5.49. The van der Waals surface area contributed by atoms with Gasteiger partial charge in [0.25, 0.3) is 5.91 Å². The third kappa shape index (κ3) is 5.93. The summed E-state index contributed by atoms with van der Waals surface area (Å²) in [6, 6.07) is 15.5. The SMILES string of the molecule is Cc1c(NC(=O)c2nc3c(n2C)CCN(C)C3)cccc1-c1cccc(Nc2nccc3cc(CN4CC(C(=O)O)C4)cnc23)c1Cl.